The summed E-state index contributed by atoms with van der Waals surface area (Å²) in [4.78, 5) is 41.0. The van der Waals surface area contributed by atoms with Crippen molar-refractivity contribution in [2.45, 2.75) is 19.9 Å². The molecule has 2 aromatic rings. The Morgan fingerprint density at radius 3 is 2.43 bits per heavy atom. The third kappa shape index (κ3) is 2.41. The van der Waals surface area contributed by atoms with E-state index in [1.807, 2.05) is 13.8 Å². The smallest absolute Gasteiger partial charge is 0.405 e. The van der Waals surface area contributed by atoms with Crippen molar-refractivity contribution in [2.75, 3.05) is 0 Å². The van der Waals surface area contributed by atoms with Gasteiger partial charge in [0.2, 0.25) is 0 Å². The second-order valence-electron chi connectivity index (χ2n) is 5.19. The lowest BCUT2D eigenvalue weighted by Gasteiger charge is -2.20. The van der Waals surface area contributed by atoms with Crippen molar-refractivity contribution in [2.24, 2.45) is 20.0 Å². The van der Waals surface area contributed by atoms with Crippen LogP contribution in [0.15, 0.2) is 9.59 Å². The molecule has 0 saturated carbocycles. The number of aryl methyl sites for hydroxylation is 2. The predicted molar refractivity (Wildman–Crippen MR) is 75.3 cm³/mol. The number of nitrogens with zero attached hydrogens (tertiary/aromatic N) is 3. The molecule has 0 aromatic carbocycles. The van der Waals surface area contributed by atoms with Crippen molar-refractivity contribution < 1.29 is 9.90 Å². The number of carboxylic acid groups (broad SMARTS) is 1. The van der Waals surface area contributed by atoms with E-state index in [2.05, 4.69) is 15.3 Å². The molecule has 0 spiro atoms. The van der Waals surface area contributed by atoms with Crippen LogP contribution in [-0.4, -0.2) is 30.3 Å². The molecule has 114 valence electrons. The van der Waals surface area contributed by atoms with E-state index in [4.69, 9.17) is 5.11 Å². The Morgan fingerprint density at radius 1 is 1.29 bits per heavy atom. The summed E-state index contributed by atoms with van der Waals surface area (Å²) in [7, 11) is 3.11. The maximum absolute atomic E-state index is 11.9. The van der Waals surface area contributed by atoms with Crippen molar-refractivity contribution in [3.05, 3.63) is 26.7 Å². The van der Waals surface area contributed by atoms with E-state index >= 15 is 0 Å². The molecule has 0 aliphatic heterocycles. The number of rotatable bonds is 3. The minimum Gasteiger partial charge on any atom is -0.465 e. The lowest BCUT2D eigenvalue weighted by Crippen LogP contribution is -2.32. The highest BCUT2D eigenvalue weighted by Crippen LogP contribution is 2.22. The molecule has 1 amide bonds. The highest BCUT2D eigenvalue weighted by atomic mass is 16.4. The molecule has 9 heteroatoms. The first kappa shape index (κ1) is 14.8. The van der Waals surface area contributed by atoms with Crippen LogP contribution in [-0.2, 0) is 14.1 Å². The fraction of sp³-hybridized carbons (Fsp3) is 0.500. The molecular formula is C12H17N5O4. The molecule has 0 radical (unpaired) electrons. The van der Waals surface area contributed by atoms with Crippen molar-refractivity contribution >= 4 is 17.3 Å². The SMILES string of the molecule is CC(C)C(NC(=O)O)c1nc2c(c(=O)[nH]c(=O)n2C)n1C. The monoisotopic (exact) mass is 295 g/mol. The fourth-order valence-electron chi connectivity index (χ4n) is 2.27. The van der Waals surface area contributed by atoms with Gasteiger partial charge in [0.15, 0.2) is 11.2 Å². The molecule has 1 atom stereocenters. The molecule has 21 heavy (non-hydrogen) atoms. The van der Waals surface area contributed by atoms with E-state index in [-0.39, 0.29) is 17.1 Å². The molecule has 0 aliphatic rings. The summed E-state index contributed by atoms with van der Waals surface area (Å²) in [6.45, 7) is 3.67. The molecule has 1 unspecified atom stereocenters. The number of aromatic nitrogens is 4. The van der Waals surface area contributed by atoms with Gasteiger partial charge in [0.05, 0.1) is 6.04 Å². The predicted octanol–water partition coefficient (Wildman–Crippen LogP) is -0.0750. The zero-order valence-electron chi connectivity index (χ0n) is 12.2. The number of H-pyrrole nitrogens is 1. The summed E-state index contributed by atoms with van der Waals surface area (Å²) in [6, 6.07) is -0.589. The molecule has 0 fully saturated rings. The van der Waals surface area contributed by atoms with E-state index in [0.717, 1.165) is 0 Å². The number of hydrogen-bond donors (Lipinski definition) is 3. The van der Waals surface area contributed by atoms with Crippen LogP contribution in [0.1, 0.15) is 25.7 Å². The van der Waals surface area contributed by atoms with Gasteiger partial charge in [-0.1, -0.05) is 13.8 Å². The minimum atomic E-state index is -1.18. The van der Waals surface area contributed by atoms with E-state index in [1.165, 1.54) is 16.2 Å². The Labute approximate surface area is 119 Å². The largest absolute Gasteiger partial charge is 0.465 e. The Hall–Kier alpha value is -2.58. The van der Waals surface area contributed by atoms with Crippen molar-refractivity contribution in [3.8, 4) is 0 Å². The third-order valence-corrected chi connectivity index (χ3v) is 3.39. The van der Waals surface area contributed by atoms with E-state index in [9.17, 15) is 14.4 Å². The summed E-state index contributed by atoms with van der Waals surface area (Å²) < 4.78 is 2.73. The number of imidazole rings is 1. The van der Waals surface area contributed by atoms with Gasteiger partial charge in [-0.15, -0.1) is 0 Å². The first-order chi connectivity index (χ1) is 9.73. The first-order valence-corrected chi connectivity index (χ1v) is 6.39. The number of fused-ring (bicyclic) bond motifs is 1. The highest BCUT2D eigenvalue weighted by Gasteiger charge is 2.25. The van der Waals surface area contributed by atoms with Crippen LogP contribution in [0.2, 0.25) is 0 Å². The Balaban J connectivity index is 2.76. The van der Waals surface area contributed by atoms with Crippen LogP contribution in [0.4, 0.5) is 4.79 Å². The average Bonchev–Trinajstić information content (AvgIpc) is 2.71. The summed E-state index contributed by atoms with van der Waals surface area (Å²) in [6.07, 6.45) is -1.18. The van der Waals surface area contributed by atoms with Gasteiger partial charge in [0.1, 0.15) is 5.82 Å². The molecular weight excluding hydrogens is 278 g/mol. The maximum atomic E-state index is 11.9. The molecule has 2 rings (SSSR count). The van der Waals surface area contributed by atoms with Gasteiger partial charge >= 0.3 is 11.8 Å². The Bertz CT molecular complexity index is 813. The number of amides is 1. The van der Waals surface area contributed by atoms with Crippen LogP contribution < -0.4 is 16.6 Å². The molecule has 0 saturated heterocycles. The van der Waals surface area contributed by atoms with Crippen LogP contribution in [0.5, 0.6) is 0 Å². The van der Waals surface area contributed by atoms with Crippen LogP contribution in [0.25, 0.3) is 11.2 Å². The quantitative estimate of drug-likeness (QED) is 0.731. The van der Waals surface area contributed by atoms with Gasteiger partial charge < -0.3 is 15.0 Å². The summed E-state index contributed by atoms with van der Waals surface area (Å²) in [5.74, 6) is 0.307. The summed E-state index contributed by atoms with van der Waals surface area (Å²) >= 11 is 0. The maximum Gasteiger partial charge on any atom is 0.405 e. The van der Waals surface area contributed by atoms with Crippen LogP contribution >= 0.6 is 0 Å². The van der Waals surface area contributed by atoms with Gasteiger partial charge in [-0.2, -0.15) is 0 Å². The number of carbonyl (C=O) groups is 1. The van der Waals surface area contributed by atoms with Crippen LogP contribution in [0.3, 0.4) is 0 Å². The van der Waals surface area contributed by atoms with Crippen LogP contribution in [0, 0.1) is 5.92 Å². The van der Waals surface area contributed by atoms with Gasteiger partial charge in [0, 0.05) is 14.1 Å². The lowest BCUT2D eigenvalue weighted by molar-refractivity contribution is 0.184. The zero-order valence-corrected chi connectivity index (χ0v) is 12.2. The van der Waals surface area contributed by atoms with E-state index in [1.54, 1.807) is 7.05 Å². The second kappa shape index (κ2) is 5.08. The zero-order chi connectivity index (χ0) is 15.9. The Kier molecular flexibility index (Phi) is 3.58. The minimum absolute atomic E-state index is 0.0762. The van der Waals surface area contributed by atoms with Gasteiger partial charge in [0.25, 0.3) is 5.56 Å². The number of aromatic amines is 1. The van der Waals surface area contributed by atoms with Gasteiger partial charge in [-0.05, 0) is 5.92 Å². The summed E-state index contributed by atoms with van der Waals surface area (Å²) in [5, 5.41) is 11.3. The summed E-state index contributed by atoms with van der Waals surface area (Å²) in [5.41, 5.74) is -0.666. The Morgan fingerprint density at radius 2 is 1.90 bits per heavy atom. The van der Waals surface area contributed by atoms with E-state index in [0.29, 0.717) is 5.82 Å². The average molecular weight is 295 g/mol. The lowest BCUT2D eigenvalue weighted by atomic mass is 10.0. The standard InChI is InChI=1S/C12H17N5O4/c1-5(2)6(13-12(20)21)8-14-9-7(16(8)3)10(18)15-11(19)17(9)4/h5-6,13H,1-4H3,(H,20,21)(H,15,18,19). The fourth-order valence-corrected chi connectivity index (χ4v) is 2.27. The molecule has 0 bridgehead atoms. The number of hydrogen-bond acceptors (Lipinski definition) is 4. The topological polar surface area (TPSA) is 122 Å². The van der Waals surface area contributed by atoms with E-state index < -0.39 is 23.4 Å². The normalized spacial score (nSPS) is 12.8. The molecule has 2 heterocycles. The highest BCUT2D eigenvalue weighted by molar-refractivity contribution is 5.71. The van der Waals surface area contributed by atoms with Crippen molar-refractivity contribution in [3.63, 3.8) is 0 Å². The molecule has 9 nitrogen and oxygen atoms in total. The van der Waals surface area contributed by atoms with Crippen molar-refractivity contribution in [1.29, 1.82) is 0 Å². The first-order valence-electron chi connectivity index (χ1n) is 6.39. The molecule has 3 N–H and O–H groups in total. The second-order valence-corrected chi connectivity index (χ2v) is 5.19. The van der Waals surface area contributed by atoms with Gasteiger partial charge in [-0.3, -0.25) is 14.3 Å². The molecule has 2 aromatic heterocycles. The number of nitrogens with one attached hydrogen (secondary N) is 2. The van der Waals surface area contributed by atoms with Gasteiger partial charge in [-0.25, -0.2) is 14.6 Å². The third-order valence-electron chi connectivity index (χ3n) is 3.39. The molecule has 0 aliphatic carbocycles. The van der Waals surface area contributed by atoms with Crippen molar-refractivity contribution in [1.82, 2.24) is 24.4 Å².